The lowest BCUT2D eigenvalue weighted by atomic mass is 10.1. The standard InChI is InChI=1S/C16H27FN2/c1-5-6-7-10-19(13(2)3)16-9-8-14(12-18-4)11-15(16)17/h8-9,11,13,18H,5-7,10,12H2,1-4H3. The minimum absolute atomic E-state index is 0.113. The highest BCUT2D eigenvalue weighted by molar-refractivity contribution is 5.50. The lowest BCUT2D eigenvalue weighted by Crippen LogP contribution is -2.32. The molecule has 0 aliphatic heterocycles. The summed E-state index contributed by atoms with van der Waals surface area (Å²) in [5.41, 5.74) is 1.71. The molecule has 0 saturated carbocycles. The van der Waals surface area contributed by atoms with Crippen LogP contribution in [0.1, 0.15) is 45.6 Å². The minimum atomic E-state index is -0.113. The third-order valence-corrected chi connectivity index (χ3v) is 3.33. The highest BCUT2D eigenvalue weighted by atomic mass is 19.1. The first-order valence-electron chi connectivity index (χ1n) is 7.29. The predicted molar refractivity (Wildman–Crippen MR) is 81.2 cm³/mol. The molecule has 0 aromatic heterocycles. The van der Waals surface area contributed by atoms with E-state index in [2.05, 4.69) is 31.0 Å². The van der Waals surface area contributed by atoms with E-state index in [1.165, 1.54) is 12.8 Å². The van der Waals surface area contributed by atoms with Gasteiger partial charge in [0.25, 0.3) is 0 Å². The molecule has 108 valence electrons. The summed E-state index contributed by atoms with van der Waals surface area (Å²) < 4.78 is 14.2. The minimum Gasteiger partial charge on any atom is -0.367 e. The molecule has 0 amide bonds. The summed E-state index contributed by atoms with van der Waals surface area (Å²) in [6, 6.07) is 5.88. The third kappa shape index (κ3) is 4.83. The number of unbranched alkanes of at least 4 members (excludes halogenated alkanes) is 2. The molecule has 0 aliphatic carbocycles. The van der Waals surface area contributed by atoms with Crippen molar-refractivity contribution in [3.05, 3.63) is 29.6 Å². The van der Waals surface area contributed by atoms with Crippen LogP contribution in [-0.4, -0.2) is 19.6 Å². The van der Waals surface area contributed by atoms with E-state index in [1.54, 1.807) is 6.07 Å². The van der Waals surface area contributed by atoms with E-state index < -0.39 is 0 Å². The fraction of sp³-hybridized carbons (Fsp3) is 0.625. The second-order valence-electron chi connectivity index (χ2n) is 5.31. The molecular weight excluding hydrogens is 239 g/mol. The molecule has 0 atom stereocenters. The Morgan fingerprint density at radius 1 is 1.26 bits per heavy atom. The van der Waals surface area contributed by atoms with E-state index in [4.69, 9.17) is 0 Å². The molecule has 0 aliphatic rings. The number of halogens is 1. The Morgan fingerprint density at radius 2 is 2.00 bits per heavy atom. The van der Waals surface area contributed by atoms with Crippen molar-refractivity contribution < 1.29 is 4.39 Å². The number of hydrogen-bond acceptors (Lipinski definition) is 2. The smallest absolute Gasteiger partial charge is 0.146 e. The molecule has 0 heterocycles. The van der Waals surface area contributed by atoms with Crippen LogP contribution in [0.25, 0.3) is 0 Å². The van der Waals surface area contributed by atoms with Gasteiger partial charge >= 0.3 is 0 Å². The predicted octanol–water partition coefficient (Wildman–Crippen LogP) is 3.95. The number of nitrogens with zero attached hydrogens (tertiary/aromatic N) is 1. The average molecular weight is 266 g/mol. The van der Waals surface area contributed by atoms with Gasteiger partial charge in [0, 0.05) is 19.1 Å². The molecule has 0 fully saturated rings. The summed E-state index contributed by atoms with van der Waals surface area (Å²) in [7, 11) is 1.87. The molecule has 1 aromatic rings. The first kappa shape index (κ1) is 16.0. The SMILES string of the molecule is CCCCCN(c1ccc(CNC)cc1F)C(C)C. The van der Waals surface area contributed by atoms with Crippen LogP contribution < -0.4 is 10.2 Å². The van der Waals surface area contributed by atoms with Crippen molar-refractivity contribution in [2.45, 2.75) is 52.6 Å². The number of nitrogens with one attached hydrogen (secondary N) is 1. The van der Waals surface area contributed by atoms with Gasteiger partial charge in [0.2, 0.25) is 0 Å². The van der Waals surface area contributed by atoms with Gasteiger partial charge in [0.15, 0.2) is 0 Å². The third-order valence-electron chi connectivity index (χ3n) is 3.33. The zero-order valence-corrected chi connectivity index (χ0v) is 12.7. The number of rotatable bonds is 8. The van der Waals surface area contributed by atoms with E-state index in [9.17, 15) is 4.39 Å². The fourth-order valence-corrected chi connectivity index (χ4v) is 2.29. The Bertz CT molecular complexity index is 377. The summed E-state index contributed by atoms with van der Waals surface area (Å²) >= 11 is 0. The van der Waals surface area contributed by atoms with Crippen LogP contribution in [0.4, 0.5) is 10.1 Å². The first-order valence-corrected chi connectivity index (χ1v) is 7.29. The summed E-state index contributed by atoms with van der Waals surface area (Å²) in [5, 5.41) is 3.04. The van der Waals surface area contributed by atoms with Gasteiger partial charge in [-0.3, -0.25) is 0 Å². The molecule has 0 radical (unpaired) electrons. The highest BCUT2D eigenvalue weighted by Crippen LogP contribution is 2.23. The maximum absolute atomic E-state index is 14.2. The van der Waals surface area contributed by atoms with Crippen LogP contribution in [0.15, 0.2) is 18.2 Å². The summed E-state index contributed by atoms with van der Waals surface area (Å²) in [4.78, 5) is 2.16. The molecule has 0 unspecified atom stereocenters. The lowest BCUT2D eigenvalue weighted by Gasteiger charge is -2.29. The molecule has 1 N–H and O–H groups in total. The fourth-order valence-electron chi connectivity index (χ4n) is 2.29. The van der Waals surface area contributed by atoms with Crippen LogP contribution in [0.3, 0.4) is 0 Å². The van der Waals surface area contributed by atoms with Gasteiger partial charge in [-0.2, -0.15) is 0 Å². The molecule has 0 bridgehead atoms. The maximum Gasteiger partial charge on any atom is 0.146 e. The molecule has 19 heavy (non-hydrogen) atoms. The van der Waals surface area contributed by atoms with E-state index in [0.717, 1.165) is 24.2 Å². The Hall–Kier alpha value is -1.09. The Morgan fingerprint density at radius 3 is 2.53 bits per heavy atom. The second kappa shape index (κ2) is 8.16. The molecule has 0 spiro atoms. The van der Waals surface area contributed by atoms with E-state index in [1.807, 2.05) is 19.2 Å². The molecule has 2 nitrogen and oxygen atoms in total. The van der Waals surface area contributed by atoms with Gasteiger partial charge in [0.05, 0.1) is 5.69 Å². The van der Waals surface area contributed by atoms with Crippen molar-refractivity contribution in [2.75, 3.05) is 18.5 Å². The van der Waals surface area contributed by atoms with E-state index in [0.29, 0.717) is 12.6 Å². The van der Waals surface area contributed by atoms with Crippen molar-refractivity contribution >= 4 is 5.69 Å². The topological polar surface area (TPSA) is 15.3 Å². The Balaban J connectivity index is 2.83. The van der Waals surface area contributed by atoms with Gasteiger partial charge in [-0.15, -0.1) is 0 Å². The van der Waals surface area contributed by atoms with Crippen LogP contribution in [0, 0.1) is 5.82 Å². The van der Waals surface area contributed by atoms with Crippen molar-refractivity contribution in [3.63, 3.8) is 0 Å². The molecule has 0 saturated heterocycles. The Kier molecular flexibility index (Phi) is 6.85. The van der Waals surface area contributed by atoms with Crippen molar-refractivity contribution in [3.8, 4) is 0 Å². The summed E-state index contributed by atoms with van der Waals surface area (Å²) in [6.45, 7) is 8.05. The van der Waals surface area contributed by atoms with Crippen LogP contribution >= 0.6 is 0 Å². The molecule has 3 heteroatoms. The zero-order valence-electron chi connectivity index (χ0n) is 12.7. The van der Waals surface area contributed by atoms with Gasteiger partial charge in [0.1, 0.15) is 5.82 Å². The van der Waals surface area contributed by atoms with Crippen molar-refractivity contribution in [1.29, 1.82) is 0 Å². The molecular formula is C16H27FN2. The van der Waals surface area contributed by atoms with Crippen LogP contribution in [0.2, 0.25) is 0 Å². The van der Waals surface area contributed by atoms with E-state index in [-0.39, 0.29) is 5.82 Å². The quantitative estimate of drug-likeness (QED) is 0.717. The molecule has 1 rings (SSSR count). The summed E-state index contributed by atoms with van der Waals surface area (Å²) in [6.07, 6.45) is 3.50. The number of hydrogen-bond donors (Lipinski definition) is 1. The Labute approximate surface area is 117 Å². The second-order valence-corrected chi connectivity index (χ2v) is 5.31. The number of benzene rings is 1. The summed E-state index contributed by atoms with van der Waals surface area (Å²) in [5.74, 6) is -0.113. The zero-order chi connectivity index (χ0) is 14.3. The van der Waals surface area contributed by atoms with Gasteiger partial charge in [-0.05, 0) is 45.0 Å². The van der Waals surface area contributed by atoms with Crippen molar-refractivity contribution in [2.24, 2.45) is 0 Å². The normalized spacial score (nSPS) is 11.1. The van der Waals surface area contributed by atoms with Gasteiger partial charge in [-0.1, -0.05) is 25.8 Å². The maximum atomic E-state index is 14.2. The lowest BCUT2D eigenvalue weighted by molar-refractivity contribution is 0.581. The van der Waals surface area contributed by atoms with Crippen LogP contribution in [-0.2, 0) is 6.54 Å². The monoisotopic (exact) mass is 266 g/mol. The van der Waals surface area contributed by atoms with Crippen LogP contribution in [0.5, 0.6) is 0 Å². The average Bonchev–Trinajstić information content (AvgIpc) is 2.36. The largest absolute Gasteiger partial charge is 0.367 e. The first-order chi connectivity index (χ1) is 9.10. The highest BCUT2D eigenvalue weighted by Gasteiger charge is 2.14. The van der Waals surface area contributed by atoms with Gasteiger partial charge < -0.3 is 10.2 Å². The van der Waals surface area contributed by atoms with Gasteiger partial charge in [-0.25, -0.2) is 4.39 Å². The van der Waals surface area contributed by atoms with Crippen molar-refractivity contribution in [1.82, 2.24) is 5.32 Å². The molecule has 1 aromatic carbocycles. The van der Waals surface area contributed by atoms with E-state index >= 15 is 0 Å². The number of anilines is 1.